The summed E-state index contributed by atoms with van der Waals surface area (Å²) in [5.74, 6) is 0.504. The predicted molar refractivity (Wildman–Crippen MR) is 117 cm³/mol. The first-order valence-electron chi connectivity index (χ1n) is 10.6. The minimum atomic E-state index is -0.00126. The molecule has 3 aliphatic rings. The Hall–Kier alpha value is -2.63. The van der Waals surface area contributed by atoms with Crippen LogP contribution in [-0.4, -0.2) is 45.3 Å². The zero-order valence-corrected chi connectivity index (χ0v) is 16.6. The number of piperidine rings is 1. The Labute approximate surface area is 171 Å². The molecular formula is C24H27N3O2. The van der Waals surface area contributed by atoms with E-state index in [1.54, 1.807) is 0 Å². The first-order chi connectivity index (χ1) is 14.3. The highest BCUT2D eigenvalue weighted by Crippen LogP contribution is 2.41. The van der Waals surface area contributed by atoms with Crippen molar-refractivity contribution in [3.63, 3.8) is 0 Å². The molecule has 2 N–H and O–H groups in total. The maximum absolute atomic E-state index is 12.8. The monoisotopic (exact) mass is 389 g/mol. The molecule has 0 bridgehead atoms. The van der Waals surface area contributed by atoms with Crippen LogP contribution in [0.3, 0.4) is 0 Å². The largest absolute Gasteiger partial charge is 0.378 e. The van der Waals surface area contributed by atoms with Gasteiger partial charge in [0.2, 0.25) is 0 Å². The molecule has 5 nitrogen and oxygen atoms in total. The molecule has 5 rings (SSSR count). The number of fused-ring (bicyclic) bond motifs is 1. The van der Waals surface area contributed by atoms with E-state index in [-0.39, 0.29) is 5.91 Å². The zero-order valence-electron chi connectivity index (χ0n) is 16.6. The highest BCUT2D eigenvalue weighted by molar-refractivity contribution is 6.35. The number of anilines is 2. The molecule has 2 aromatic carbocycles. The van der Waals surface area contributed by atoms with Gasteiger partial charge in [0.15, 0.2) is 0 Å². The molecule has 5 heteroatoms. The normalized spacial score (nSPS) is 21.3. The fourth-order valence-corrected chi connectivity index (χ4v) is 4.66. The Balaban J connectivity index is 1.46. The van der Waals surface area contributed by atoms with Crippen molar-refractivity contribution in [3.8, 4) is 0 Å². The summed E-state index contributed by atoms with van der Waals surface area (Å²) in [6, 6.07) is 14.8. The molecule has 2 saturated heterocycles. The fraction of sp³-hybridized carbons (Fsp3) is 0.375. The van der Waals surface area contributed by atoms with Gasteiger partial charge in [0.1, 0.15) is 0 Å². The molecule has 0 saturated carbocycles. The summed E-state index contributed by atoms with van der Waals surface area (Å²) in [4.78, 5) is 15.1. The lowest BCUT2D eigenvalue weighted by atomic mass is 9.85. The summed E-state index contributed by atoms with van der Waals surface area (Å²) in [6.07, 6.45) is 4.27. The Morgan fingerprint density at radius 2 is 1.76 bits per heavy atom. The van der Waals surface area contributed by atoms with Gasteiger partial charge in [-0.2, -0.15) is 0 Å². The lowest BCUT2D eigenvalue weighted by molar-refractivity contribution is -0.110. The van der Waals surface area contributed by atoms with Gasteiger partial charge in [-0.25, -0.2) is 0 Å². The number of benzene rings is 2. The van der Waals surface area contributed by atoms with Gasteiger partial charge in [-0.1, -0.05) is 24.3 Å². The predicted octanol–water partition coefficient (Wildman–Crippen LogP) is 3.48. The van der Waals surface area contributed by atoms with Crippen LogP contribution in [0.2, 0.25) is 0 Å². The standard InChI is InChI=1S/C24H27N3O2/c28-24-21(16-17-4-6-19(7-5-17)27-12-14-29-15-13-27)23-20(2-1-3-22(23)26-24)18-8-10-25-11-9-18/h1-7,16,18,25H,8-15H2,(H,26,28). The van der Waals surface area contributed by atoms with E-state index in [9.17, 15) is 4.79 Å². The van der Waals surface area contributed by atoms with Crippen molar-refractivity contribution in [3.05, 3.63) is 59.2 Å². The molecule has 0 unspecified atom stereocenters. The molecule has 150 valence electrons. The van der Waals surface area contributed by atoms with Crippen LogP contribution in [0, 0.1) is 0 Å². The minimum Gasteiger partial charge on any atom is -0.378 e. The Kier molecular flexibility index (Phi) is 5.08. The number of amides is 1. The second-order valence-corrected chi connectivity index (χ2v) is 8.00. The van der Waals surface area contributed by atoms with E-state index < -0.39 is 0 Å². The first-order valence-corrected chi connectivity index (χ1v) is 10.6. The van der Waals surface area contributed by atoms with Crippen LogP contribution >= 0.6 is 0 Å². The maximum atomic E-state index is 12.8. The van der Waals surface area contributed by atoms with Crippen LogP contribution < -0.4 is 15.5 Å². The molecule has 0 aliphatic carbocycles. The summed E-state index contributed by atoms with van der Waals surface area (Å²) in [6.45, 7) is 5.49. The van der Waals surface area contributed by atoms with Crippen molar-refractivity contribution < 1.29 is 9.53 Å². The van der Waals surface area contributed by atoms with Crippen molar-refractivity contribution in [1.82, 2.24) is 5.32 Å². The Morgan fingerprint density at radius 3 is 2.52 bits per heavy atom. The summed E-state index contributed by atoms with van der Waals surface area (Å²) >= 11 is 0. The van der Waals surface area contributed by atoms with Gasteiger partial charge in [0.05, 0.1) is 13.2 Å². The number of hydrogen-bond acceptors (Lipinski definition) is 4. The maximum Gasteiger partial charge on any atom is 0.256 e. The molecule has 0 spiro atoms. The number of carbonyl (C=O) groups excluding carboxylic acids is 1. The average molecular weight is 389 g/mol. The summed E-state index contributed by atoms with van der Waals surface area (Å²) in [7, 11) is 0. The molecule has 29 heavy (non-hydrogen) atoms. The van der Waals surface area contributed by atoms with Crippen molar-refractivity contribution in [2.45, 2.75) is 18.8 Å². The van der Waals surface area contributed by atoms with Gasteiger partial charge in [-0.15, -0.1) is 0 Å². The lowest BCUT2D eigenvalue weighted by Crippen LogP contribution is -2.36. The fourth-order valence-electron chi connectivity index (χ4n) is 4.66. The lowest BCUT2D eigenvalue weighted by Gasteiger charge is -2.28. The SMILES string of the molecule is O=C1Nc2cccc(C3CCNCC3)c2C1=Cc1ccc(N2CCOCC2)cc1. The van der Waals surface area contributed by atoms with E-state index in [0.29, 0.717) is 5.92 Å². The minimum absolute atomic E-state index is 0.00126. The smallest absolute Gasteiger partial charge is 0.256 e. The molecule has 0 aromatic heterocycles. The number of rotatable bonds is 3. The number of hydrogen-bond donors (Lipinski definition) is 2. The molecule has 3 heterocycles. The van der Waals surface area contributed by atoms with Crippen LogP contribution in [-0.2, 0) is 9.53 Å². The molecule has 2 fully saturated rings. The second-order valence-electron chi connectivity index (χ2n) is 8.00. The van der Waals surface area contributed by atoms with E-state index in [2.05, 4.69) is 51.9 Å². The van der Waals surface area contributed by atoms with E-state index >= 15 is 0 Å². The Morgan fingerprint density at radius 1 is 1.00 bits per heavy atom. The number of nitrogens with zero attached hydrogens (tertiary/aromatic N) is 1. The Bertz CT molecular complexity index is 924. The van der Waals surface area contributed by atoms with Gasteiger partial charge in [-0.3, -0.25) is 4.79 Å². The van der Waals surface area contributed by atoms with Crippen LogP contribution in [0.1, 0.15) is 35.4 Å². The van der Waals surface area contributed by atoms with Crippen molar-refractivity contribution in [2.24, 2.45) is 0 Å². The molecule has 1 amide bonds. The third-order valence-corrected chi connectivity index (χ3v) is 6.22. The third-order valence-electron chi connectivity index (χ3n) is 6.22. The number of nitrogens with one attached hydrogen (secondary N) is 2. The number of ether oxygens (including phenoxy) is 1. The molecule has 0 atom stereocenters. The number of morpholine rings is 1. The van der Waals surface area contributed by atoms with E-state index in [4.69, 9.17) is 4.74 Å². The summed E-state index contributed by atoms with van der Waals surface area (Å²) in [5, 5.41) is 6.50. The summed E-state index contributed by atoms with van der Waals surface area (Å²) < 4.78 is 5.44. The van der Waals surface area contributed by atoms with Crippen molar-refractivity contribution in [2.75, 3.05) is 49.6 Å². The van der Waals surface area contributed by atoms with Gasteiger partial charge in [0, 0.05) is 35.6 Å². The first kappa shape index (κ1) is 18.4. The molecular weight excluding hydrogens is 362 g/mol. The van der Waals surface area contributed by atoms with Crippen LogP contribution in [0.25, 0.3) is 11.6 Å². The summed E-state index contributed by atoms with van der Waals surface area (Å²) in [5.41, 5.74) is 6.40. The zero-order chi connectivity index (χ0) is 19.6. The van der Waals surface area contributed by atoms with Crippen molar-refractivity contribution >= 4 is 28.9 Å². The van der Waals surface area contributed by atoms with Gasteiger partial charge in [-0.05, 0) is 67.3 Å². The van der Waals surface area contributed by atoms with Crippen LogP contribution in [0.15, 0.2) is 42.5 Å². The average Bonchev–Trinajstić information content (AvgIpc) is 3.10. The van der Waals surface area contributed by atoms with Gasteiger partial charge >= 0.3 is 0 Å². The van der Waals surface area contributed by atoms with Crippen LogP contribution in [0.5, 0.6) is 0 Å². The topological polar surface area (TPSA) is 53.6 Å². The second kappa shape index (κ2) is 8.01. The van der Waals surface area contributed by atoms with Gasteiger partial charge in [0.25, 0.3) is 5.91 Å². The third kappa shape index (κ3) is 3.68. The van der Waals surface area contributed by atoms with E-state index in [0.717, 1.165) is 74.6 Å². The highest BCUT2D eigenvalue weighted by Gasteiger charge is 2.30. The van der Waals surface area contributed by atoms with Gasteiger partial charge < -0.3 is 20.3 Å². The number of carbonyl (C=O) groups is 1. The molecule has 2 aromatic rings. The quantitative estimate of drug-likeness (QED) is 0.789. The molecule has 0 radical (unpaired) electrons. The van der Waals surface area contributed by atoms with E-state index in [1.165, 1.54) is 11.3 Å². The van der Waals surface area contributed by atoms with E-state index in [1.807, 2.05) is 12.1 Å². The molecule has 3 aliphatic heterocycles. The van der Waals surface area contributed by atoms with Crippen molar-refractivity contribution in [1.29, 1.82) is 0 Å². The van der Waals surface area contributed by atoms with Crippen LogP contribution in [0.4, 0.5) is 11.4 Å². The highest BCUT2D eigenvalue weighted by atomic mass is 16.5.